The number of allylic oxidation sites excluding steroid dienone is 1. The maximum Gasteiger partial charge on any atom is 0.137 e. The average molecular weight is 110 g/mol. The minimum Gasteiger partial charge on any atom is -0.299 e. The zero-order chi connectivity index (χ0) is 6.31. The van der Waals surface area contributed by atoms with Crippen LogP contribution < -0.4 is 0 Å². The second-order valence-electron chi connectivity index (χ2n) is 2.45. The summed E-state index contributed by atoms with van der Waals surface area (Å²) in [4.78, 5) is 10.6. The van der Waals surface area contributed by atoms with E-state index < -0.39 is 0 Å². The normalized spacial score (nSPS) is 35.0. The first-order valence-electron chi connectivity index (χ1n) is 2.83. The second-order valence-corrected chi connectivity index (χ2v) is 2.45. The molecule has 0 unspecified atom stereocenters. The summed E-state index contributed by atoms with van der Waals surface area (Å²) in [5.74, 6) is 0.935. The van der Waals surface area contributed by atoms with Crippen LogP contribution in [-0.4, -0.2) is 5.78 Å². The van der Waals surface area contributed by atoms with Crippen LogP contribution in [0.15, 0.2) is 12.2 Å². The number of rotatable bonds is 1. The van der Waals surface area contributed by atoms with E-state index in [9.17, 15) is 4.79 Å². The van der Waals surface area contributed by atoms with E-state index in [1.54, 1.807) is 6.92 Å². The van der Waals surface area contributed by atoms with Gasteiger partial charge in [-0.1, -0.05) is 19.1 Å². The number of Topliss-reactive ketones (excluding diaryl/α,β-unsaturated/α-hetero) is 1. The lowest BCUT2D eigenvalue weighted by Gasteiger charge is -1.79. The van der Waals surface area contributed by atoms with Gasteiger partial charge in [0.2, 0.25) is 0 Å². The summed E-state index contributed by atoms with van der Waals surface area (Å²) in [6.45, 7) is 7.39. The summed E-state index contributed by atoms with van der Waals surface area (Å²) >= 11 is 0. The number of ketones is 1. The van der Waals surface area contributed by atoms with Crippen molar-refractivity contribution in [3.8, 4) is 0 Å². The lowest BCUT2D eigenvalue weighted by Crippen LogP contribution is -1.92. The Morgan fingerprint density at radius 3 is 2.12 bits per heavy atom. The van der Waals surface area contributed by atoms with E-state index in [-0.39, 0.29) is 11.7 Å². The molecule has 1 saturated carbocycles. The fraction of sp³-hybridized carbons (Fsp3) is 0.571. The van der Waals surface area contributed by atoms with E-state index in [1.807, 2.05) is 6.92 Å². The molecule has 1 aliphatic carbocycles. The Balaban J connectivity index is 2.57. The Hall–Kier alpha value is -0.590. The fourth-order valence-electron chi connectivity index (χ4n) is 1.08. The van der Waals surface area contributed by atoms with Gasteiger partial charge in [-0.25, -0.2) is 0 Å². The molecule has 0 N–H and O–H groups in total. The first-order valence-corrected chi connectivity index (χ1v) is 2.83. The molecule has 0 spiro atoms. The fourth-order valence-corrected chi connectivity index (χ4v) is 1.08. The Labute approximate surface area is 49.4 Å². The van der Waals surface area contributed by atoms with Crippen molar-refractivity contribution in [2.45, 2.75) is 13.8 Å². The summed E-state index contributed by atoms with van der Waals surface area (Å²) < 4.78 is 0. The van der Waals surface area contributed by atoms with Crippen LogP contribution in [0.4, 0.5) is 0 Å². The van der Waals surface area contributed by atoms with E-state index >= 15 is 0 Å². The number of hydrogen-bond acceptors (Lipinski definition) is 1. The van der Waals surface area contributed by atoms with Crippen molar-refractivity contribution in [1.29, 1.82) is 0 Å². The zero-order valence-electron chi connectivity index (χ0n) is 5.27. The molecule has 0 amide bonds. The third-order valence-corrected chi connectivity index (χ3v) is 1.81. The van der Waals surface area contributed by atoms with Gasteiger partial charge < -0.3 is 0 Å². The summed E-state index contributed by atoms with van der Waals surface area (Å²) in [5, 5.41) is 0. The molecule has 1 nitrogen and oxygen atoms in total. The van der Waals surface area contributed by atoms with Gasteiger partial charge in [-0.3, -0.25) is 4.79 Å². The van der Waals surface area contributed by atoms with E-state index in [4.69, 9.17) is 0 Å². The summed E-state index contributed by atoms with van der Waals surface area (Å²) in [6.07, 6.45) is 0. The molecule has 8 heavy (non-hydrogen) atoms. The van der Waals surface area contributed by atoms with Gasteiger partial charge in [-0.05, 0) is 12.8 Å². The highest BCUT2D eigenvalue weighted by Gasteiger charge is 2.41. The second kappa shape index (κ2) is 1.44. The maximum atomic E-state index is 10.6. The van der Waals surface area contributed by atoms with E-state index in [2.05, 4.69) is 6.58 Å². The number of carbonyl (C=O) groups excluding carboxylic acids is 1. The minimum absolute atomic E-state index is 0.204. The molecule has 2 atom stereocenters. The Morgan fingerprint density at radius 1 is 1.75 bits per heavy atom. The van der Waals surface area contributed by atoms with Crippen LogP contribution in [-0.2, 0) is 4.79 Å². The van der Waals surface area contributed by atoms with Gasteiger partial charge in [0, 0.05) is 5.92 Å². The predicted molar refractivity (Wildman–Crippen MR) is 32.5 cm³/mol. The number of carbonyl (C=O) groups is 1. The molecule has 0 bridgehead atoms. The highest BCUT2D eigenvalue weighted by Crippen LogP contribution is 2.43. The molecule has 0 aliphatic heterocycles. The molecule has 1 heteroatoms. The highest BCUT2D eigenvalue weighted by molar-refractivity contribution is 5.86. The number of hydrogen-bond donors (Lipinski definition) is 0. The summed E-state index contributed by atoms with van der Waals surface area (Å²) in [6, 6.07) is 0. The van der Waals surface area contributed by atoms with Gasteiger partial charge in [-0.15, -0.1) is 0 Å². The highest BCUT2D eigenvalue weighted by atomic mass is 16.1. The van der Waals surface area contributed by atoms with Gasteiger partial charge in [-0.2, -0.15) is 0 Å². The van der Waals surface area contributed by atoms with Gasteiger partial charge >= 0.3 is 0 Å². The molecule has 0 saturated heterocycles. The van der Waals surface area contributed by atoms with Gasteiger partial charge in [0.25, 0.3) is 0 Å². The van der Waals surface area contributed by atoms with Gasteiger partial charge in [0.1, 0.15) is 5.78 Å². The largest absolute Gasteiger partial charge is 0.299 e. The van der Waals surface area contributed by atoms with Crippen LogP contribution >= 0.6 is 0 Å². The zero-order valence-corrected chi connectivity index (χ0v) is 5.27. The molecule has 0 radical (unpaired) electrons. The quantitative estimate of drug-likeness (QED) is 0.466. The monoisotopic (exact) mass is 110 g/mol. The van der Waals surface area contributed by atoms with E-state index in [0.29, 0.717) is 5.92 Å². The van der Waals surface area contributed by atoms with Crippen LogP contribution in [0.1, 0.15) is 13.8 Å². The molecule has 1 aliphatic rings. The molecule has 1 fully saturated rings. The average Bonchev–Trinajstić information content (AvgIpc) is 2.15. The standard InChI is InChI=1S/C7H10O/c1-4-5(2)7(4)6(3)8/h5,7H,1H2,2-3H3/t5-,7-/m0/s1. The van der Waals surface area contributed by atoms with Crippen molar-refractivity contribution in [3.05, 3.63) is 12.2 Å². The van der Waals surface area contributed by atoms with Crippen LogP contribution in [0.25, 0.3) is 0 Å². The smallest absolute Gasteiger partial charge is 0.137 e. The topological polar surface area (TPSA) is 17.1 Å². The van der Waals surface area contributed by atoms with Crippen LogP contribution in [0.3, 0.4) is 0 Å². The molecule has 0 aromatic rings. The lowest BCUT2D eigenvalue weighted by atomic mass is 10.2. The maximum absolute atomic E-state index is 10.6. The van der Waals surface area contributed by atoms with Crippen molar-refractivity contribution in [2.24, 2.45) is 11.8 Å². The Kier molecular flexibility index (Phi) is 0.999. The third-order valence-electron chi connectivity index (χ3n) is 1.81. The SMILES string of the molecule is C=C1[C@H](C(C)=O)[C@H]1C. The first kappa shape index (κ1) is 5.54. The summed E-state index contributed by atoms with van der Waals surface area (Å²) in [5.41, 5.74) is 1.11. The third kappa shape index (κ3) is 0.585. The van der Waals surface area contributed by atoms with Gasteiger partial charge in [0.15, 0.2) is 0 Å². The van der Waals surface area contributed by atoms with Crippen molar-refractivity contribution in [2.75, 3.05) is 0 Å². The van der Waals surface area contributed by atoms with Crippen LogP contribution in [0, 0.1) is 11.8 Å². The van der Waals surface area contributed by atoms with E-state index in [1.165, 1.54) is 0 Å². The van der Waals surface area contributed by atoms with Crippen molar-refractivity contribution >= 4 is 5.78 Å². The van der Waals surface area contributed by atoms with Crippen LogP contribution in [0.5, 0.6) is 0 Å². The first-order chi connectivity index (χ1) is 3.64. The predicted octanol–water partition coefficient (Wildman–Crippen LogP) is 1.40. The molecular weight excluding hydrogens is 100 g/mol. The molecule has 1 rings (SSSR count). The lowest BCUT2D eigenvalue weighted by molar-refractivity contribution is -0.118. The van der Waals surface area contributed by atoms with Gasteiger partial charge in [0.05, 0.1) is 0 Å². The van der Waals surface area contributed by atoms with Crippen molar-refractivity contribution in [1.82, 2.24) is 0 Å². The van der Waals surface area contributed by atoms with Crippen molar-refractivity contribution < 1.29 is 4.79 Å². The Morgan fingerprint density at radius 2 is 2.12 bits per heavy atom. The molecule has 0 aromatic carbocycles. The van der Waals surface area contributed by atoms with Crippen LogP contribution in [0.2, 0.25) is 0 Å². The molecule has 0 aromatic heterocycles. The molecule has 44 valence electrons. The molecule has 0 heterocycles. The van der Waals surface area contributed by atoms with E-state index in [0.717, 1.165) is 5.57 Å². The molecular formula is C7H10O. The minimum atomic E-state index is 0.204. The Bertz CT molecular complexity index is 138. The summed E-state index contributed by atoms with van der Waals surface area (Å²) in [7, 11) is 0. The van der Waals surface area contributed by atoms with Crippen molar-refractivity contribution in [3.63, 3.8) is 0 Å².